The molecule has 2 aromatic carbocycles. The van der Waals surface area contributed by atoms with Crippen molar-refractivity contribution in [2.24, 2.45) is 0 Å². The monoisotopic (exact) mass is 276 g/mol. The summed E-state index contributed by atoms with van der Waals surface area (Å²) in [5, 5.41) is 0. The highest BCUT2D eigenvalue weighted by Gasteiger charge is 2.35. The van der Waals surface area contributed by atoms with Crippen molar-refractivity contribution in [3.05, 3.63) is 83.9 Å². The molecule has 21 heavy (non-hydrogen) atoms. The Morgan fingerprint density at radius 2 is 1.33 bits per heavy atom. The maximum Gasteiger partial charge on any atom is 0.134 e. The molecule has 0 aromatic heterocycles. The van der Waals surface area contributed by atoms with E-state index < -0.39 is 0 Å². The standard InChI is InChI=1S/C20H20O/c21-19-14-8-3-9-15-20(16-19,17-10-4-1-5-11-17)18-12-6-2-7-13-18/h1-7,9-13H,8,14-16H2/b9-3-. The largest absolute Gasteiger partial charge is 0.300 e. The van der Waals surface area contributed by atoms with Gasteiger partial charge in [-0.2, -0.15) is 0 Å². The Morgan fingerprint density at radius 3 is 1.90 bits per heavy atom. The van der Waals surface area contributed by atoms with Crippen LogP contribution in [0.4, 0.5) is 0 Å². The van der Waals surface area contributed by atoms with Gasteiger partial charge in [-0.25, -0.2) is 0 Å². The van der Waals surface area contributed by atoms with Crippen molar-refractivity contribution in [2.75, 3.05) is 0 Å². The van der Waals surface area contributed by atoms with Crippen LogP contribution in [-0.4, -0.2) is 5.78 Å². The number of hydrogen-bond acceptors (Lipinski definition) is 1. The first kappa shape index (κ1) is 13.8. The van der Waals surface area contributed by atoms with E-state index in [2.05, 4.69) is 60.7 Å². The minimum absolute atomic E-state index is 0.226. The fraction of sp³-hybridized carbons (Fsp3) is 0.250. The lowest BCUT2D eigenvalue weighted by atomic mass is 9.68. The molecule has 0 saturated carbocycles. The summed E-state index contributed by atoms with van der Waals surface area (Å²) in [6.07, 6.45) is 7.39. The van der Waals surface area contributed by atoms with Gasteiger partial charge in [0.25, 0.3) is 0 Å². The van der Waals surface area contributed by atoms with Crippen LogP contribution in [0.25, 0.3) is 0 Å². The number of rotatable bonds is 2. The molecule has 1 aliphatic rings. The zero-order valence-electron chi connectivity index (χ0n) is 12.2. The molecule has 0 unspecified atom stereocenters. The quantitative estimate of drug-likeness (QED) is 0.728. The smallest absolute Gasteiger partial charge is 0.134 e. The summed E-state index contributed by atoms with van der Waals surface area (Å²) in [6, 6.07) is 20.9. The van der Waals surface area contributed by atoms with E-state index in [0.29, 0.717) is 18.6 Å². The summed E-state index contributed by atoms with van der Waals surface area (Å²) in [5.41, 5.74) is 2.24. The van der Waals surface area contributed by atoms with Gasteiger partial charge in [-0.3, -0.25) is 4.79 Å². The molecule has 0 aliphatic heterocycles. The number of allylic oxidation sites excluding steroid dienone is 2. The molecule has 2 aromatic rings. The predicted octanol–water partition coefficient (Wildman–Crippen LogP) is 4.67. The van der Waals surface area contributed by atoms with Crippen molar-refractivity contribution in [1.82, 2.24) is 0 Å². The van der Waals surface area contributed by atoms with Gasteiger partial charge in [-0.1, -0.05) is 72.8 Å². The number of Topliss-reactive ketones (excluding diaryl/α,β-unsaturated/α-hetero) is 1. The molecule has 0 radical (unpaired) electrons. The van der Waals surface area contributed by atoms with Crippen molar-refractivity contribution in [3.63, 3.8) is 0 Å². The van der Waals surface area contributed by atoms with Crippen LogP contribution < -0.4 is 0 Å². The van der Waals surface area contributed by atoms with E-state index in [-0.39, 0.29) is 5.41 Å². The topological polar surface area (TPSA) is 17.1 Å². The maximum absolute atomic E-state index is 12.4. The third-order valence-corrected chi connectivity index (χ3v) is 4.37. The molecule has 0 spiro atoms. The number of carbonyl (C=O) groups excluding carboxylic acids is 1. The van der Waals surface area contributed by atoms with Crippen LogP contribution >= 0.6 is 0 Å². The van der Waals surface area contributed by atoms with Gasteiger partial charge in [0, 0.05) is 18.3 Å². The Hall–Kier alpha value is -2.15. The lowest BCUT2D eigenvalue weighted by Gasteiger charge is -2.34. The van der Waals surface area contributed by atoms with E-state index in [1.807, 2.05) is 12.1 Å². The van der Waals surface area contributed by atoms with Crippen LogP contribution in [-0.2, 0) is 10.2 Å². The summed E-state index contributed by atoms with van der Waals surface area (Å²) in [6.45, 7) is 0. The fourth-order valence-corrected chi connectivity index (χ4v) is 3.26. The van der Waals surface area contributed by atoms with Crippen molar-refractivity contribution >= 4 is 5.78 Å². The van der Waals surface area contributed by atoms with Gasteiger partial charge in [0.15, 0.2) is 0 Å². The molecule has 0 fully saturated rings. The van der Waals surface area contributed by atoms with Gasteiger partial charge in [0.2, 0.25) is 0 Å². The van der Waals surface area contributed by atoms with E-state index >= 15 is 0 Å². The molecule has 106 valence electrons. The zero-order valence-corrected chi connectivity index (χ0v) is 12.2. The third kappa shape index (κ3) is 2.82. The molecule has 0 heterocycles. The first-order chi connectivity index (χ1) is 10.3. The van der Waals surface area contributed by atoms with E-state index in [1.165, 1.54) is 11.1 Å². The van der Waals surface area contributed by atoms with E-state index in [1.54, 1.807) is 0 Å². The highest BCUT2D eigenvalue weighted by molar-refractivity contribution is 5.81. The van der Waals surface area contributed by atoms with Crippen molar-refractivity contribution < 1.29 is 4.79 Å². The molecule has 0 amide bonds. The van der Waals surface area contributed by atoms with Crippen LogP contribution in [0.1, 0.15) is 36.8 Å². The second kappa shape index (κ2) is 6.09. The van der Waals surface area contributed by atoms with Gasteiger partial charge >= 0.3 is 0 Å². The Balaban J connectivity index is 2.16. The minimum Gasteiger partial charge on any atom is -0.300 e. The Kier molecular flexibility index (Phi) is 4.01. The lowest BCUT2D eigenvalue weighted by molar-refractivity contribution is -0.120. The summed E-state index contributed by atoms with van der Waals surface area (Å²) >= 11 is 0. The van der Waals surface area contributed by atoms with Crippen LogP contribution in [0.3, 0.4) is 0 Å². The summed E-state index contributed by atoms with van der Waals surface area (Å²) in [4.78, 5) is 12.4. The Labute approximate surface area is 126 Å². The van der Waals surface area contributed by atoms with Crippen LogP contribution in [0, 0.1) is 0 Å². The van der Waals surface area contributed by atoms with Gasteiger partial charge in [0.05, 0.1) is 0 Å². The van der Waals surface area contributed by atoms with E-state index in [9.17, 15) is 4.79 Å². The van der Waals surface area contributed by atoms with E-state index in [0.717, 1.165) is 12.8 Å². The minimum atomic E-state index is -0.226. The second-order valence-corrected chi connectivity index (χ2v) is 5.74. The zero-order chi connectivity index (χ0) is 14.5. The SMILES string of the molecule is O=C1CC/C=C\CC(c2ccccc2)(c2ccccc2)C1. The summed E-state index contributed by atoms with van der Waals surface area (Å²) in [7, 11) is 0. The van der Waals surface area contributed by atoms with Crippen LogP contribution in [0.5, 0.6) is 0 Å². The number of benzene rings is 2. The van der Waals surface area contributed by atoms with Crippen LogP contribution in [0.2, 0.25) is 0 Å². The average molecular weight is 276 g/mol. The molecule has 1 nitrogen and oxygen atoms in total. The number of hydrogen-bond donors (Lipinski definition) is 0. The summed E-state index contributed by atoms with van der Waals surface area (Å²) in [5.74, 6) is 0.354. The molecule has 0 bridgehead atoms. The van der Waals surface area contributed by atoms with Gasteiger partial charge in [-0.05, 0) is 24.0 Å². The summed E-state index contributed by atoms with van der Waals surface area (Å²) < 4.78 is 0. The first-order valence-electron chi connectivity index (χ1n) is 7.59. The van der Waals surface area contributed by atoms with Gasteiger partial charge in [0.1, 0.15) is 5.78 Å². The lowest BCUT2D eigenvalue weighted by Crippen LogP contribution is -2.31. The molecule has 0 atom stereocenters. The molecule has 1 aliphatic carbocycles. The highest BCUT2D eigenvalue weighted by atomic mass is 16.1. The van der Waals surface area contributed by atoms with Crippen LogP contribution in [0.15, 0.2) is 72.8 Å². The van der Waals surface area contributed by atoms with Crippen molar-refractivity contribution in [1.29, 1.82) is 0 Å². The number of ketones is 1. The average Bonchev–Trinajstić information content (AvgIpc) is 2.53. The maximum atomic E-state index is 12.4. The molecule has 0 saturated heterocycles. The fourth-order valence-electron chi connectivity index (χ4n) is 3.26. The Bertz CT molecular complexity index is 586. The Morgan fingerprint density at radius 1 is 0.762 bits per heavy atom. The molecule has 1 heteroatoms. The second-order valence-electron chi connectivity index (χ2n) is 5.74. The third-order valence-electron chi connectivity index (χ3n) is 4.37. The van der Waals surface area contributed by atoms with E-state index in [4.69, 9.17) is 0 Å². The molecular weight excluding hydrogens is 256 g/mol. The van der Waals surface area contributed by atoms with Gasteiger partial charge < -0.3 is 0 Å². The molecular formula is C20H20O. The first-order valence-corrected chi connectivity index (χ1v) is 7.59. The number of carbonyl (C=O) groups is 1. The normalized spacial score (nSPS) is 19.5. The molecule has 0 N–H and O–H groups in total. The highest BCUT2D eigenvalue weighted by Crippen LogP contribution is 2.40. The van der Waals surface area contributed by atoms with Crippen molar-refractivity contribution in [2.45, 2.75) is 31.1 Å². The molecule has 3 rings (SSSR count). The van der Waals surface area contributed by atoms with Gasteiger partial charge in [-0.15, -0.1) is 0 Å². The predicted molar refractivity (Wildman–Crippen MR) is 86.3 cm³/mol. The van der Waals surface area contributed by atoms with Crippen molar-refractivity contribution in [3.8, 4) is 0 Å².